The predicted octanol–water partition coefficient (Wildman–Crippen LogP) is 1.25. The molecule has 18 heavy (non-hydrogen) atoms. The molecule has 1 heterocycles. The summed E-state index contributed by atoms with van der Waals surface area (Å²) in [4.78, 5) is 12.5. The van der Waals surface area contributed by atoms with Crippen LogP contribution in [0.2, 0.25) is 4.34 Å². The van der Waals surface area contributed by atoms with Crippen LogP contribution in [0.25, 0.3) is 0 Å². The Morgan fingerprint density at radius 1 is 1.56 bits per heavy atom. The SMILES string of the molecule is COCC(O)CNC(=O)NCCc1ccc(Cl)s1. The monoisotopic (exact) mass is 292 g/mol. The normalized spacial score (nSPS) is 12.2. The molecule has 0 aliphatic rings. The number of nitrogens with one attached hydrogen (secondary N) is 2. The van der Waals surface area contributed by atoms with E-state index in [2.05, 4.69) is 10.6 Å². The second-order valence-corrected chi connectivity index (χ2v) is 5.50. The first kappa shape index (κ1) is 15.2. The van der Waals surface area contributed by atoms with Gasteiger partial charge in [0.25, 0.3) is 0 Å². The number of aliphatic hydroxyl groups is 1. The van der Waals surface area contributed by atoms with Gasteiger partial charge >= 0.3 is 6.03 Å². The Morgan fingerprint density at radius 3 is 2.94 bits per heavy atom. The Balaban J connectivity index is 2.10. The van der Waals surface area contributed by atoms with Crippen LogP contribution < -0.4 is 10.6 Å². The molecule has 1 aromatic heterocycles. The number of thiophene rings is 1. The van der Waals surface area contributed by atoms with E-state index < -0.39 is 6.10 Å². The van der Waals surface area contributed by atoms with E-state index in [1.54, 1.807) is 0 Å². The summed E-state index contributed by atoms with van der Waals surface area (Å²) >= 11 is 7.30. The number of methoxy groups -OCH3 is 1. The highest BCUT2D eigenvalue weighted by Crippen LogP contribution is 2.21. The van der Waals surface area contributed by atoms with Gasteiger partial charge in [0.1, 0.15) is 0 Å². The van der Waals surface area contributed by atoms with E-state index in [9.17, 15) is 9.90 Å². The third-order valence-electron chi connectivity index (χ3n) is 2.14. The molecular weight excluding hydrogens is 276 g/mol. The minimum Gasteiger partial charge on any atom is -0.389 e. The minimum absolute atomic E-state index is 0.171. The molecule has 0 aliphatic carbocycles. The Kier molecular flexibility index (Phi) is 7.04. The fraction of sp³-hybridized carbons (Fsp3) is 0.545. The molecule has 0 spiro atoms. The third-order valence-corrected chi connectivity index (χ3v) is 3.43. The summed E-state index contributed by atoms with van der Waals surface area (Å²) in [5.74, 6) is 0. The molecule has 5 nitrogen and oxygen atoms in total. The first-order valence-electron chi connectivity index (χ1n) is 5.54. The van der Waals surface area contributed by atoms with Crippen LogP contribution in [0.4, 0.5) is 4.79 Å². The molecular formula is C11H17ClN2O3S. The van der Waals surface area contributed by atoms with Crippen molar-refractivity contribution in [1.29, 1.82) is 0 Å². The number of rotatable bonds is 7. The fourth-order valence-electron chi connectivity index (χ4n) is 1.31. The average molecular weight is 293 g/mol. The summed E-state index contributed by atoms with van der Waals surface area (Å²) in [6, 6.07) is 3.48. The molecule has 0 bridgehead atoms. The van der Waals surface area contributed by atoms with Crippen LogP contribution in [-0.4, -0.2) is 44.0 Å². The first-order valence-corrected chi connectivity index (χ1v) is 6.74. The van der Waals surface area contributed by atoms with Crippen molar-refractivity contribution < 1.29 is 14.6 Å². The largest absolute Gasteiger partial charge is 0.389 e. The highest BCUT2D eigenvalue weighted by molar-refractivity contribution is 7.16. The van der Waals surface area contributed by atoms with Crippen molar-refractivity contribution in [3.8, 4) is 0 Å². The van der Waals surface area contributed by atoms with Crippen LogP contribution in [0, 0.1) is 0 Å². The van der Waals surface area contributed by atoms with E-state index in [0.29, 0.717) is 6.54 Å². The molecule has 1 atom stereocenters. The van der Waals surface area contributed by atoms with Crippen molar-refractivity contribution >= 4 is 29.0 Å². The predicted molar refractivity (Wildman–Crippen MR) is 72.3 cm³/mol. The van der Waals surface area contributed by atoms with Crippen molar-refractivity contribution in [3.05, 3.63) is 21.3 Å². The summed E-state index contributed by atoms with van der Waals surface area (Å²) in [5.41, 5.74) is 0. The highest BCUT2D eigenvalue weighted by Gasteiger charge is 2.06. The van der Waals surface area contributed by atoms with E-state index in [-0.39, 0.29) is 19.2 Å². The number of carbonyl (C=O) groups excluding carboxylic acids is 1. The van der Waals surface area contributed by atoms with Crippen LogP contribution in [0.15, 0.2) is 12.1 Å². The van der Waals surface area contributed by atoms with Gasteiger partial charge in [-0.05, 0) is 18.6 Å². The lowest BCUT2D eigenvalue weighted by molar-refractivity contribution is 0.0660. The molecule has 0 aliphatic heterocycles. The van der Waals surface area contributed by atoms with Gasteiger partial charge in [0.15, 0.2) is 0 Å². The van der Waals surface area contributed by atoms with E-state index >= 15 is 0 Å². The van der Waals surface area contributed by atoms with Crippen molar-refractivity contribution in [2.45, 2.75) is 12.5 Å². The lowest BCUT2D eigenvalue weighted by atomic mass is 10.3. The molecule has 2 amide bonds. The second kappa shape index (κ2) is 8.31. The number of hydrogen-bond acceptors (Lipinski definition) is 4. The van der Waals surface area contributed by atoms with Crippen LogP contribution in [0.3, 0.4) is 0 Å². The minimum atomic E-state index is -0.683. The third kappa shape index (κ3) is 6.20. The topological polar surface area (TPSA) is 70.6 Å². The van der Waals surface area contributed by atoms with Crippen LogP contribution >= 0.6 is 22.9 Å². The molecule has 0 radical (unpaired) electrons. The Bertz CT molecular complexity index is 373. The maximum atomic E-state index is 11.4. The van der Waals surface area contributed by atoms with Crippen molar-refractivity contribution in [3.63, 3.8) is 0 Å². The lowest BCUT2D eigenvalue weighted by Crippen LogP contribution is -2.41. The van der Waals surface area contributed by atoms with Crippen molar-refractivity contribution in [1.82, 2.24) is 10.6 Å². The number of ether oxygens (including phenoxy) is 1. The molecule has 0 fully saturated rings. The summed E-state index contributed by atoms with van der Waals surface area (Å²) in [5, 5.41) is 14.6. The van der Waals surface area contributed by atoms with Crippen molar-refractivity contribution in [2.24, 2.45) is 0 Å². The Morgan fingerprint density at radius 2 is 2.33 bits per heavy atom. The Hall–Kier alpha value is -0.820. The highest BCUT2D eigenvalue weighted by atomic mass is 35.5. The van der Waals surface area contributed by atoms with E-state index in [0.717, 1.165) is 15.6 Å². The molecule has 102 valence electrons. The standard InChI is InChI=1S/C11H17ClN2O3S/c1-17-7-8(15)6-14-11(16)13-5-4-9-2-3-10(12)18-9/h2-3,8,15H,4-7H2,1H3,(H2,13,14,16). The average Bonchev–Trinajstić information content (AvgIpc) is 2.73. The van der Waals surface area contributed by atoms with Gasteiger partial charge in [-0.2, -0.15) is 0 Å². The maximum absolute atomic E-state index is 11.4. The Labute approximate surface area is 115 Å². The summed E-state index contributed by atoms with van der Waals surface area (Å²) in [6.45, 7) is 0.904. The molecule has 1 rings (SSSR count). The smallest absolute Gasteiger partial charge is 0.314 e. The fourth-order valence-corrected chi connectivity index (χ4v) is 2.40. The molecule has 0 saturated heterocycles. The number of urea groups is 1. The molecule has 0 aromatic carbocycles. The zero-order valence-electron chi connectivity index (χ0n) is 10.1. The van der Waals surface area contributed by atoms with Gasteiger partial charge < -0.3 is 20.5 Å². The number of hydrogen-bond donors (Lipinski definition) is 3. The number of amides is 2. The first-order chi connectivity index (χ1) is 8.61. The lowest BCUT2D eigenvalue weighted by Gasteiger charge is -2.11. The molecule has 7 heteroatoms. The quantitative estimate of drug-likeness (QED) is 0.708. The zero-order chi connectivity index (χ0) is 13.4. The summed E-state index contributed by atoms with van der Waals surface area (Å²) in [6.07, 6.45) is 0.0580. The van der Waals surface area contributed by atoms with E-state index in [1.807, 2.05) is 12.1 Å². The summed E-state index contributed by atoms with van der Waals surface area (Å²) < 4.78 is 5.49. The summed E-state index contributed by atoms with van der Waals surface area (Å²) in [7, 11) is 1.50. The molecule has 1 aromatic rings. The number of halogens is 1. The molecule has 3 N–H and O–H groups in total. The second-order valence-electron chi connectivity index (χ2n) is 3.70. The maximum Gasteiger partial charge on any atom is 0.314 e. The van der Waals surface area contributed by atoms with Gasteiger partial charge in [-0.15, -0.1) is 11.3 Å². The van der Waals surface area contributed by atoms with Gasteiger partial charge in [0, 0.05) is 25.1 Å². The van der Waals surface area contributed by atoms with E-state index in [4.69, 9.17) is 16.3 Å². The van der Waals surface area contributed by atoms with Gasteiger partial charge in [-0.3, -0.25) is 0 Å². The number of aliphatic hydroxyl groups excluding tert-OH is 1. The van der Waals surface area contributed by atoms with Crippen LogP contribution in [-0.2, 0) is 11.2 Å². The van der Waals surface area contributed by atoms with Gasteiger partial charge in [-0.25, -0.2) is 4.79 Å². The van der Waals surface area contributed by atoms with Crippen LogP contribution in [0.5, 0.6) is 0 Å². The molecule has 1 unspecified atom stereocenters. The van der Waals surface area contributed by atoms with Crippen LogP contribution in [0.1, 0.15) is 4.88 Å². The van der Waals surface area contributed by atoms with Gasteiger partial charge in [0.05, 0.1) is 17.0 Å². The van der Waals surface area contributed by atoms with E-state index in [1.165, 1.54) is 18.4 Å². The van der Waals surface area contributed by atoms with Crippen molar-refractivity contribution in [2.75, 3.05) is 26.8 Å². The van der Waals surface area contributed by atoms with Gasteiger partial charge in [0.2, 0.25) is 0 Å². The molecule has 0 saturated carbocycles. The number of carbonyl (C=O) groups is 1. The zero-order valence-corrected chi connectivity index (χ0v) is 11.7. The van der Waals surface area contributed by atoms with Gasteiger partial charge in [-0.1, -0.05) is 11.6 Å².